The summed E-state index contributed by atoms with van der Waals surface area (Å²) in [6.45, 7) is 1.50. The highest BCUT2D eigenvalue weighted by Gasteiger charge is 2.29. The molecule has 3 aromatic rings. The van der Waals surface area contributed by atoms with Crippen LogP contribution < -0.4 is 10.9 Å². The fourth-order valence-electron chi connectivity index (χ4n) is 4.79. The highest BCUT2D eigenvalue weighted by atomic mass is 16.5. The first-order valence-corrected chi connectivity index (χ1v) is 11.8. The first-order valence-electron chi connectivity index (χ1n) is 11.8. The predicted octanol–water partition coefficient (Wildman–Crippen LogP) is 2.98. The van der Waals surface area contributed by atoms with Crippen LogP contribution in [0.2, 0.25) is 0 Å². The molecule has 2 fully saturated rings. The number of carbonyl (C=O) groups is 1. The van der Waals surface area contributed by atoms with Gasteiger partial charge in [0.25, 0.3) is 5.56 Å². The van der Waals surface area contributed by atoms with Crippen molar-refractivity contribution in [3.05, 3.63) is 52.2 Å². The van der Waals surface area contributed by atoms with E-state index in [1.54, 1.807) is 6.07 Å². The Labute approximate surface area is 191 Å². The second-order valence-electron chi connectivity index (χ2n) is 9.01. The molecule has 33 heavy (non-hydrogen) atoms. The minimum absolute atomic E-state index is 0.0196. The number of ether oxygens (including phenoxy) is 1. The number of aromatic nitrogens is 4. The highest BCUT2D eigenvalue weighted by molar-refractivity contribution is 5.78. The van der Waals surface area contributed by atoms with Gasteiger partial charge in [0, 0.05) is 43.9 Å². The molecule has 0 bridgehead atoms. The third-order valence-corrected chi connectivity index (χ3v) is 6.72. The van der Waals surface area contributed by atoms with Crippen LogP contribution in [-0.2, 0) is 16.0 Å². The first-order chi connectivity index (χ1) is 16.2. The number of nitrogens with zero attached hydrogens (tertiary/aromatic N) is 3. The number of fused-ring (bicyclic) bond motifs is 1. The molecule has 2 aromatic heterocycles. The van der Waals surface area contributed by atoms with E-state index >= 15 is 0 Å². The van der Waals surface area contributed by atoms with Gasteiger partial charge in [0.2, 0.25) is 17.7 Å². The summed E-state index contributed by atoms with van der Waals surface area (Å²) in [5.74, 6) is 2.55. The molecule has 1 saturated carbocycles. The fraction of sp³-hybridized carbons (Fsp3) is 0.542. The van der Waals surface area contributed by atoms with Crippen LogP contribution in [0.3, 0.4) is 0 Å². The zero-order valence-electron chi connectivity index (χ0n) is 18.6. The number of hydrogen-bond acceptors (Lipinski definition) is 7. The third-order valence-electron chi connectivity index (χ3n) is 6.72. The maximum Gasteiger partial charge on any atom is 0.258 e. The van der Waals surface area contributed by atoms with Gasteiger partial charge < -0.3 is 19.5 Å². The van der Waals surface area contributed by atoms with E-state index in [1.807, 2.05) is 18.2 Å². The van der Waals surface area contributed by atoms with E-state index in [9.17, 15) is 9.59 Å². The van der Waals surface area contributed by atoms with Crippen LogP contribution in [-0.4, -0.2) is 45.3 Å². The maximum absolute atomic E-state index is 12.5. The van der Waals surface area contributed by atoms with Crippen LogP contribution in [0.15, 0.2) is 33.5 Å². The van der Waals surface area contributed by atoms with Crippen LogP contribution in [0.1, 0.15) is 74.4 Å². The number of rotatable bonds is 6. The van der Waals surface area contributed by atoms with E-state index in [-0.39, 0.29) is 23.4 Å². The summed E-state index contributed by atoms with van der Waals surface area (Å²) in [4.78, 5) is 31.9. The molecule has 1 aliphatic carbocycles. The molecular formula is C24H29N5O4. The molecule has 1 amide bonds. The van der Waals surface area contributed by atoms with Crippen molar-refractivity contribution < 1.29 is 13.9 Å². The monoisotopic (exact) mass is 451 g/mol. The predicted molar refractivity (Wildman–Crippen MR) is 121 cm³/mol. The average molecular weight is 452 g/mol. The number of aryl methyl sites for hydroxylation is 1. The third kappa shape index (κ3) is 5.13. The number of hydrogen-bond donors (Lipinski definition) is 2. The van der Waals surface area contributed by atoms with E-state index in [0.717, 1.165) is 63.5 Å². The Morgan fingerprint density at radius 1 is 1.00 bits per heavy atom. The molecule has 0 radical (unpaired) electrons. The summed E-state index contributed by atoms with van der Waals surface area (Å²) < 4.78 is 11.4. The minimum atomic E-state index is -0.171. The van der Waals surface area contributed by atoms with Gasteiger partial charge in [-0.25, -0.2) is 4.98 Å². The minimum Gasteiger partial charge on any atom is -0.425 e. The quantitative estimate of drug-likeness (QED) is 0.590. The van der Waals surface area contributed by atoms with Gasteiger partial charge in [0.05, 0.1) is 10.9 Å². The first kappa shape index (κ1) is 21.8. The Bertz CT molecular complexity index is 1160. The summed E-state index contributed by atoms with van der Waals surface area (Å²) in [6.07, 6.45) is 6.16. The van der Waals surface area contributed by atoms with Gasteiger partial charge >= 0.3 is 0 Å². The summed E-state index contributed by atoms with van der Waals surface area (Å²) in [5, 5.41) is 12.3. The molecule has 5 rings (SSSR count). The number of nitrogens with one attached hydrogen (secondary N) is 2. The summed E-state index contributed by atoms with van der Waals surface area (Å²) in [5.41, 5.74) is 0.478. The number of amides is 1. The molecule has 1 aromatic carbocycles. The topological polar surface area (TPSA) is 123 Å². The van der Waals surface area contributed by atoms with Crippen LogP contribution in [0.4, 0.5) is 0 Å². The van der Waals surface area contributed by atoms with Crippen LogP contribution >= 0.6 is 0 Å². The Kier molecular flexibility index (Phi) is 6.48. The standard InChI is InChI=1S/C24H29N5O4/c30-21(10-9-20-26-19-4-2-1-3-18(19)22(31)27-20)25-17-7-5-15(6-8-17)23-28-29-24(33-23)16-11-13-32-14-12-16/h1-4,15-17H,5-14H2,(H,25,30)(H,26,27,31)/t15-,17-. The van der Waals surface area contributed by atoms with Gasteiger partial charge in [-0.2, -0.15) is 0 Å². The highest BCUT2D eigenvalue weighted by Crippen LogP contribution is 2.34. The molecule has 1 saturated heterocycles. The number of aromatic amines is 1. The van der Waals surface area contributed by atoms with Crippen molar-refractivity contribution >= 4 is 16.8 Å². The molecule has 9 nitrogen and oxygen atoms in total. The van der Waals surface area contributed by atoms with Crippen molar-refractivity contribution in [1.82, 2.24) is 25.5 Å². The molecule has 0 atom stereocenters. The lowest BCUT2D eigenvalue weighted by atomic mass is 9.86. The molecule has 9 heteroatoms. The molecule has 2 aliphatic rings. The van der Waals surface area contributed by atoms with Crippen LogP contribution in [0.5, 0.6) is 0 Å². The van der Waals surface area contributed by atoms with Crippen molar-refractivity contribution in [2.45, 2.75) is 69.2 Å². The smallest absolute Gasteiger partial charge is 0.258 e. The average Bonchev–Trinajstić information content (AvgIpc) is 3.34. The lowest BCUT2D eigenvalue weighted by molar-refractivity contribution is -0.122. The zero-order valence-corrected chi connectivity index (χ0v) is 18.6. The van der Waals surface area contributed by atoms with E-state index in [1.165, 1.54) is 0 Å². The van der Waals surface area contributed by atoms with E-state index in [0.29, 0.717) is 35.5 Å². The Hall–Kier alpha value is -3.07. The van der Waals surface area contributed by atoms with Gasteiger partial charge in [0.15, 0.2) is 0 Å². The summed E-state index contributed by atoms with van der Waals surface area (Å²) in [6, 6.07) is 7.36. The van der Waals surface area contributed by atoms with Crippen molar-refractivity contribution in [3.63, 3.8) is 0 Å². The van der Waals surface area contributed by atoms with Crippen LogP contribution in [0, 0.1) is 0 Å². The largest absolute Gasteiger partial charge is 0.425 e. The zero-order chi connectivity index (χ0) is 22.6. The molecule has 2 N–H and O–H groups in total. The second kappa shape index (κ2) is 9.82. The van der Waals surface area contributed by atoms with Gasteiger partial charge in [-0.05, 0) is 50.7 Å². The normalized spacial score (nSPS) is 21.8. The number of carbonyl (C=O) groups excluding carboxylic acids is 1. The van der Waals surface area contributed by atoms with E-state index in [4.69, 9.17) is 9.15 Å². The Morgan fingerprint density at radius 2 is 1.70 bits per heavy atom. The summed E-state index contributed by atoms with van der Waals surface area (Å²) >= 11 is 0. The molecule has 1 aliphatic heterocycles. The van der Waals surface area contributed by atoms with E-state index in [2.05, 4.69) is 25.5 Å². The lowest BCUT2D eigenvalue weighted by Crippen LogP contribution is -2.37. The SMILES string of the molecule is O=C(CCc1nc2ccccc2c(=O)[nH]1)N[C@H]1CC[C@H](c2nnc(C3CCOCC3)o2)CC1. The second-order valence-corrected chi connectivity index (χ2v) is 9.01. The fourth-order valence-corrected chi connectivity index (χ4v) is 4.79. The molecule has 3 heterocycles. The number of H-pyrrole nitrogens is 1. The lowest BCUT2D eigenvalue weighted by Gasteiger charge is -2.27. The van der Waals surface area contributed by atoms with Crippen molar-refractivity contribution in [1.29, 1.82) is 0 Å². The molecule has 0 spiro atoms. The van der Waals surface area contributed by atoms with Gasteiger partial charge in [-0.1, -0.05) is 12.1 Å². The number of benzene rings is 1. The van der Waals surface area contributed by atoms with Crippen molar-refractivity contribution in [3.8, 4) is 0 Å². The Balaban J connectivity index is 1.09. The Morgan fingerprint density at radius 3 is 2.45 bits per heavy atom. The molecule has 0 unspecified atom stereocenters. The molecular weight excluding hydrogens is 422 g/mol. The van der Waals surface area contributed by atoms with Gasteiger partial charge in [-0.3, -0.25) is 9.59 Å². The molecule has 174 valence electrons. The van der Waals surface area contributed by atoms with Crippen molar-refractivity contribution in [2.75, 3.05) is 13.2 Å². The summed E-state index contributed by atoms with van der Waals surface area (Å²) in [7, 11) is 0. The van der Waals surface area contributed by atoms with Crippen molar-refractivity contribution in [2.24, 2.45) is 0 Å². The van der Waals surface area contributed by atoms with Gasteiger partial charge in [0.1, 0.15) is 5.82 Å². The van der Waals surface area contributed by atoms with Crippen LogP contribution in [0.25, 0.3) is 10.9 Å². The number of para-hydroxylation sites is 1. The maximum atomic E-state index is 12.5. The van der Waals surface area contributed by atoms with E-state index < -0.39 is 0 Å². The van der Waals surface area contributed by atoms with Gasteiger partial charge in [-0.15, -0.1) is 10.2 Å².